The van der Waals surface area contributed by atoms with Gasteiger partial charge >= 0.3 is 0 Å². The number of ether oxygens (including phenoxy) is 1. The van der Waals surface area contributed by atoms with E-state index in [1.165, 1.54) is 10.9 Å². The number of hydrogen-bond acceptors (Lipinski definition) is 3. The molecule has 3 aromatic rings. The van der Waals surface area contributed by atoms with Gasteiger partial charge in [-0.25, -0.2) is 13.8 Å². The van der Waals surface area contributed by atoms with Crippen molar-refractivity contribution in [2.75, 3.05) is 12.4 Å². The number of halogens is 2. The van der Waals surface area contributed by atoms with Gasteiger partial charge in [0.05, 0.1) is 18.5 Å². The maximum Gasteiger partial charge on any atom is 0.226 e. The average Bonchev–Trinajstić information content (AvgIpc) is 3.06. The molecular weight excluding hydrogens is 340 g/mol. The van der Waals surface area contributed by atoms with Crippen LogP contribution in [0.2, 0.25) is 0 Å². The molecule has 0 aliphatic carbocycles. The fourth-order valence-electron chi connectivity index (χ4n) is 3.17. The summed E-state index contributed by atoms with van der Waals surface area (Å²) in [5, 5.41) is 2.72. The van der Waals surface area contributed by atoms with Gasteiger partial charge in [-0.05, 0) is 29.8 Å². The number of amides is 1. The lowest BCUT2D eigenvalue weighted by Gasteiger charge is -2.23. The van der Waals surface area contributed by atoms with Gasteiger partial charge in [-0.1, -0.05) is 12.1 Å². The van der Waals surface area contributed by atoms with Crippen LogP contribution in [0.25, 0.3) is 5.69 Å². The normalized spacial score (nSPS) is 16.1. The molecule has 1 atom stereocenters. The van der Waals surface area contributed by atoms with Crippen molar-refractivity contribution < 1.29 is 18.3 Å². The quantitative estimate of drug-likeness (QED) is 0.781. The number of imidazole rings is 1. The molecule has 7 heteroatoms. The highest BCUT2D eigenvalue weighted by Crippen LogP contribution is 2.38. The van der Waals surface area contributed by atoms with Crippen LogP contribution in [0, 0.1) is 11.6 Å². The first kappa shape index (κ1) is 16.3. The van der Waals surface area contributed by atoms with Crippen molar-refractivity contribution in [3.63, 3.8) is 0 Å². The Bertz CT molecular complexity index is 983. The summed E-state index contributed by atoms with van der Waals surface area (Å²) in [6, 6.07) is 10.5. The van der Waals surface area contributed by atoms with Gasteiger partial charge in [-0.15, -0.1) is 0 Å². The Hall–Kier alpha value is -3.22. The summed E-state index contributed by atoms with van der Waals surface area (Å²) in [6.07, 6.45) is 1.62. The van der Waals surface area contributed by atoms with Crippen molar-refractivity contribution >= 4 is 11.7 Å². The highest BCUT2D eigenvalue weighted by molar-refractivity contribution is 5.94. The third-order valence-electron chi connectivity index (χ3n) is 4.46. The number of benzene rings is 2. The highest BCUT2D eigenvalue weighted by atomic mass is 19.1. The van der Waals surface area contributed by atoms with Gasteiger partial charge in [-0.2, -0.15) is 0 Å². The second-order valence-corrected chi connectivity index (χ2v) is 6.02. The SMILES string of the molecule is COc1ccc([C@@H]2CC(=O)Nc3c2ncn3-c2cc(F)ccc2F)cc1. The summed E-state index contributed by atoms with van der Waals surface area (Å²) in [7, 11) is 1.58. The van der Waals surface area contributed by atoms with E-state index in [9.17, 15) is 13.6 Å². The van der Waals surface area contributed by atoms with Crippen LogP contribution in [-0.2, 0) is 4.79 Å². The monoisotopic (exact) mass is 355 g/mol. The minimum absolute atomic E-state index is 0.00516. The van der Waals surface area contributed by atoms with Gasteiger partial charge in [0.1, 0.15) is 29.5 Å². The number of carbonyl (C=O) groups is 1. The number of methoxy groups -OCH3 is 1. The van der Waals surface area contributed by atoms with E-state index in [4.69, 9.17) is 4.74 Å². The van der Waals surface area contributed by atoms with Gasteiger partial charge in [-0.3, -0.25) is 9.36 Å². The molecule has 0 bridgehead atoms. The zero-order valence-electron chi connectivity index (χ0n) is 13.9. The molecule has 132 valence electrons. The average molecular weight is 355 g/mol. The van der Waals surface area contributed by atoms with E-state index in [-0.39, 0.29) is 23.9 Å². The standard InChI is InChI=1S/C19H15F2N3O2/c1-26-13-5-2-11(3-6-13)14-9-17(25)23-19-18(14)22-10-24(19)16-8-12(20)4-7-15(16)21/h2-8,10,14H,9H2,1H3,(H,23,25)/t14-/m0/s1. The molecule has 1 aliphatic rings. The summed E-state index contributed by atoms with van der Waals surface area (Å²) in [5.74, 6) is -0.599. The van der Waals surface area contributed by atoms with Crippen molar-refractivity contribution in [1.82, 2.24) is 9.55 Å². The van der Waals surface area contributed by atoms with Crippen molar-refractivity contribution in [1.29, 1.82) is 0 Å². The molecule has 1 aromatic heterocycles. The fourth-order valence-corrected chi connectivity index (χ4v) is 3.17. The lowest BCUT2D eigenvalue weighted by atomic mass is 9.90. The van der Waals surface area contributed by atoms with Crippen LogP contribution in [0.15, 0.2) is 48.8 Å². The third kappa shape index (κ3) is 2.71. The summed E-state index contributed by atoms with van der Waals surface area (Å²) in [5.41, 5.74) is 1.50. The molecule has 0 radical (unpaired) electrons. The minimum atomic E-state index is -0.604. The summed E-state index contributed by atoms with van der Waals surface area (Å²) in [4.78, 5) is 16.6. The van der Waals surface area contributed by atoms with E-state index in [1.54, 1.807) is 7.11 Å². The Morgan fingerprint density at radius 2 is 1.96 bits per heavy atom. The molecule has 0 saturated carbocycles. The van der Waals surface area contributed by atoms with Crippen LogP contribution in [0.5, 0.6) is 5.75 Å². The van der Waals surface area contributed by atoms with Crippen LogP contribution >= 0.6 is 0 Å². The van der Waals surface area contributed by atoms with E-state index in [2.05, 4.69) is 10.3 Å². The lowest BCUT2D eigenvalue weighted by molar-refractivity contribution is -0.116. The maximum absolute atomic E-state index is 14.2. The molecule has 0 unspecified atom stereocenters. The Kier molecular flexibility index (Phi) is 3.91. The summed E-state index contributed by atoms with van der Waals surface area (Å²) in [6.45, 7) is 0. The molecular formula is C19H15F2N3O2. The lowest BCUT2D eigenvalue weighted by Crippen LogP contribution is -2.25. The molecule has 2 heterocycles. The van der Waals surface area contributed by atoms with Crippen molar-refractivity contribution in [3.8, 4) is 11.4 Å². The molecule has 26 heavy (non-hydrogen) atoms. The molecule has 5 nitrogen and oxygen atoms in total. The maximum atomic E-state index is 14.2. The third-order valence-corrected chi connectivity index (χ3v) is 4.46. The Labute approximate surface area is 148 Å². The van der Waals surface area contributed by atoms with E-state index >= 15 is 0 Å². The second kappa shape index (κ2) is 6.25. The number of nitrogens with zero attached hydrogens (tertiary/aromatic N) is 2. The Morgan fingerprint density at radius 3 is 2.69 bits per heavy atom. The molecule has 1 aliphatic heterocycles. The largest absolute Gasteiger partial charge is 0.497 e. The zero-order chi connectivity index (χ0) is 18.3. The molecule has 2 aromatic carbocycles. The molecule has 0 saturated heterocycles. The van der Waals surface area contributed by atoms with Crippen LogP contribution in [-0.4, -0.2) is 22.6 Å². The number of fused-ring (bicyclic) bond motifs is 1. The number of hydrogen-bond donors (Lipinski definition) is 1. The van der Waals surface area contributed by atoms with Gasteiger partial charge in [0, 0.05) is 18.4 Å². The number of aromatic nitrogens is 2. The first-order valence-electron chi connectivity index (χ1n) is 8.03. The predicted octanol–water partition coefficient (Wildman–Crippen LogP) is 3.63. The number of anilines is 1. The number of carbonyl (C=O) groups excluding carboxylic acids is 1. The number of rotatable bonds is 3. The van der Waals surface area contributed by atoms with Gasteiger partial charge in [0.15, 0.2) is 0 Å². The van der Waals surface area contributed by atoms with E-state index < -0.39 is 11.6 Å². The van der Waals surface area contributed by atoms with Crippen LogP contribution in [0.1, 0.15) is 23.6 Å². The van der Waals surface area contributed by atoms with E-state index in [0.29, 0.717) is 17.3 Å². The van der Waals surface area contributed by atoms with Crippen molar-refractivity contribution in [2.24, 2.45) is 0 Å². The van der Waals surface area contributed by atoms with Gasteiger partial charge < -0.3 is 10.1 Å². The molecule has 4 rings (SSSR count). The first-order valence-corrected chi connectivity index (χ1v) is 8.03. The summed E-state index contributed by atoms with van der Waals surface area (Å²) < 4.78 is 34.2. The summed E-state index contributed by atoms with van der Waals surface area (Å²) >= 11 is 0. The molecule has 0 fully saturated rings. The van der Waals surface area contributed by atoms with Gasteiger partial charge in [0.2, 0.25) is 5.91 Å². The van der Waals surface area contributed by atoms with Crippen LogP contribution < -0.4 is 10.1 Å². The van der Waals surface area contributed by atoms with Gasteiger partial charge in [0.25, 0.3) is 0 Å². The zero-order valence-corrected chi connectivity index (χ0v) is 13.9. The van der Waals surface area contributed by atoms with Crippen molar-refractivity contribution in [3.05, 3.63) is 71.7 Å². The van der Waals surface area contributed by atoms with Crippen LogP contribution in [0.3, 0.4) is 0 Å². The predicted molar refractivity (Wildman–Crippen MR) is 91.6 cm³/mol. The highest BCUT2D eigenvalue weighted by Gasteiger charge is 2.31. The Morgan fingerprint density at radius 1 is 1.19 bits per heavy atom. The molecule has 0 spiro atoms. The van der Waals surface area contributed by atoms with E-state index in [0.717, 1.165) is 23.8 Å². The van der Waals surface area contributed by atoms with Crippen LogP contribution in [0.4, 0.5) is 14.6 Å². The topological polar surface area (TPSA) is 56.1 Å². The minimum Gasteiger partial charge on any atom is -0.497 e. The Balaban J connectivity index is 1.81. The van der Waals surface area contributed by atoms with E-state index in [1.807, 2.05) is 24.3 Å². The fraction of sp³-hybridized carbons (Fsp3) is 0.158. The number of nitrogens with one attached hydrogen (secondary N) is 1. The van der Waals surface area contributed by atoms with Crippen molar-refractivity contribution in [2.45, 2.75) is 12.3 Å². The molecule has 1 N–H and O–H groups in total. The molecule has 1 amide bonds. The second-order valence-electron chi connectivity index (χ2n) is 6.02. The smallest absolute Gasteiger partial charge is 0.226 e. The first-order chi connectivity index (χ1) is 12.6.